The van der Waals surface area contributed by atoms with Gasteiger partial charge in [-0.15, -0.1) is 0 Å². The van der Waals surface area contributed by atoms with Gasteiger partial charge in [-0.25, -0.2) is 4.79 Å². The van der Waals surface area contributed by atoms with Gasteiger partial charge in [-0.1, -0.05) is 0 Å². The van der Waals surface area contributed by atoms with Crippen molar-refractivity contribution < 1.29 is 14.5 Å². The first-order valence-electron chi connectivity index (χ1n) is 5.86. The average Bonchev–Trinajstić information content (AvgIpc) is 2.45. The summed E-state index contributed by atoms with van der Waals surface area (Å²) in [7, 11) is 2.97. The third-order valence-corrected chi connectivity index (χ3v) is 2.86. The third kappa shape index (κ3) is 3.67. The van der Waals surface area contributed by atoms with E-state index in [-0.39, 0.29) is 11.6 Å². The summed E-state index contributed by atoms with van der Waals surface area (Å²) in [4.78, 5) is 34.5. The molecule has 8 heteroatoms. The Hall–Kier alpha value is -2.64. The van der Waals surface area contributed by atoms with Crippen LogP contribution in [0.2, 0.25) is 0 Å². The fraction of sp³-hybridized carbons (Fsp3) is 0.333. The number of carbonyl (C=O) groups excluding carboxylic acids is 2. The highest BCUT2D eigenvalue weighted by molar-refractivity contribution is 5.93. The average molecular weight is 280 g/mol. The van der Waals surface area contributed by atoms with E-state index in [9.17, 15) is 19.7 Å². The fourth-order valence-corrected chi connectivity index (χ4v) is 1.44. The molecule has 1 aromatic rings. The maximum Gasteiger partial charge on any atom is 0.322 e. The van der Waals surface area contributed by atoms with Crippen LogP contribution in [-0.2, 0) is 4.79 Å². The van der Waals surface area contributed by atoms with Crippen molar-refractivity contribution in [1.29, 1.82) is 0 Å². The van der Waals surface area contributed by atoms with Crippen LogP contribution in [0.4, 0.5) is 16.2 Å². The molecule has 0 radical (unpaired) electrons. The number of anilines is 1. The van der Waals surface area contributed by atoms with Crippen molar-refractivity contribution in [3.05, 3.63) is 34.4 Å². The van der Waals surface area contributed by atoms with Gasteiger partial charge in [0, 0.05) is 31.9 Å². The van der Waals surface area contributed by atoms with Crippen molar-refractivity contribution in [2.24, 2.45) is 0 Å². The van der Waals surface area contributed by atoms with E-state index < -0.39 is 17.0 Å². The molecule has 20 heavy (non-hydrogen) atoms. The van der Waals surface area contributed by atoms with Crippen LogP contribution in [0.15, 0.2) is 24.3 Å². The number of non-ortho nitro benzene ring substituents is 1. The summed E-state index contributed by atoms with van der Waals surface area (Å²) in [5.41, 5.74) is 0.353. The number of nitro groups is 1. The van der Waals surface area contributed by atoms with Gasteiger partial charge in [0.25, 0.3) is 5.69 Å². The van der Waals surface area contributed by atoms with Crippen LogP contribution in [0, 0.1) is 10.1 Å². The van der Waals surface area contributed by atoms with E-state index in [1.54, 1.807) is 6.92 Å². The summed E-state index contributed by atoms with van der Waals surface area (Å²) in [6, 6.07) is 4.33. The molecule has 0 aliphatic rings. The number of amides is 3. The predicted octanol–water partition coefficient (Wildman–Crippen LogP) is 1.19. The molecule has 0 fully saturated rings. The monoisotopic (exact) mass is 280 g/mol. The summed E-state index contributed by atoms with van der Waals surface area (Å²) in [5.74, 6) is -0.286. The van der Waals surface area contributed by atoms with Gasteiger partial charge in [-0.3, -0.25) is 14.9 Å². The quantitative estimate of drug-likeness (QED) is 0.638. The zero-order valence-corrected chi connectivity index (χ0v) is 11.4. The lowest BCUT2D eigenvalue weighted by atomic mass is 10.2. The van der Waals surface area contributed by atoms with Crippen molar-refractivity contribution in [2.45, 2.75) is 13.0 Å². The molecule has 0 bridgehead atoms. The Morgan fingerprint density at radius 3 is 2.30 bits per heavy atom. The van der Waals surface area contributed by atoms with Crippen molar-refractivity contribution in [3.63, 3.8) is 0 Å². The molecule has 1 aromatic carbocycles. The summed E-state index contributed by atoms with van der Waals surface area (Å²) in [6.45, 7) is 1.59. The molecular formula is C12H16N4O4. The zero-order valence-electron chi connectivity index (χ0n) is 11.4. The van der Waals surface area contributed by atoms with Crippen LogP contribution in [0.1, 0.15) is 6.92 Å². The number of hydrogen-bond acceptors (Lipinski definition) is 4. The molecule has 1 rings (SSSR count). The topological polar surface area (TPSA) is 105 Å². The summed E-state index contributed by atoms with van der Waals surface area (Å²) in [5, 5.41) is 15.5. The SMILES string of the molecule is CNC(=O)C(C)N(C)C(=O)Nc1ccc([N+](=O)[O-])cc1. The van der Waals surface area contributed by atoms with Crippen molar-refractivity contribution in [2.75, 3.05) is 19.4 Å². The van der Waals surface area contributed by atoms with E-state index in [1.807, 2.05) is 0 Å². The van der Waals surface area contributed by atoms with Gasteiger partial charge < -0.3 is 15.5 Å². The lowest BCUT2D eigenvalue weighted by Gasteiger charge is -2.23. The van der Waals surface area contributed by atoms with Crippen LogP contribution in [-0.4, -0.2) is 41.9 Å². The Bertz CT molecular complexity index is 515. The van der Waals surface area contributed by atoms with E-state index in [4.69, 9.17) is 0 Å². The first kappa shape index (κ1) is 15.4. The highest BCUT2D eigenvalue weighted by Gasteiger charge is 2.21. The number of nitro benzene ring substituents is 1. The van der Waals surface area contributed by atoms with Gasteiger partial charge >= 0.3 is 6.03 Å². The molecule has 0 spiro atoms. The van der Waals surface area contributed by atoms with Gasteiger partial charge in [0.05, 0.1) is 4.92 Å². The number of benzene rings is 1. The second-order valence-electron chi connectivity index (χ2n) is 4.14. The second-order valence-corrected chi connectivity index (χ2v) is 4.14. The molecule has 0 aliphatic heterocycles. The van der Waals surface area contributed by atoms with Crippen molar-refractivity contribution >= 4 is 23.3 Å². The van der Waals surface area contributed by atoms with E-state index in [0.717, 1.165) is 0 Å². The van der Waals surface area contributed by atoms with E-state index in [1.165, 1.54) is 43.3 Å². The Labute approximate surface area is 115 Å². The van der Waals surface area contributed by atoms with Crippen LogP contribution in [0.3, 0.4) is 0 Å². The molecule has 108 valence electrons. The van der Waals surface area contributed by atoms with Crippen molar-refractivity contribution in [1.82, 2.24) is 10.2 Å². The summed E-state index contributed by atoms with van der Waals surface area (Å²) < 4.78 is 0. The lowest BCUT2D eigenvalue weighted by Crippen LogP contribution is -2.46. The Kier molecular flexibility index (Phi) is 5.01. The Morgan fingerprint density at radius 2 is 1.85 bits per heavy atom. The maximum absolute atomic E-state index is 11.9. The first-order chi connectivity index (χ1) is 9.36. The van der Waals surface area contributed by atoms with Gasteiger partial charge in [0.2, 0.25) is 5.91 Å². The molecule has 1 unspecified atom stereocenters. The minimum atomic E-state index is -0.627. The number of nitrogens with one attached hydrogen (secondary N) is 2. The summed E-state index contributed by atoms with van der Waals surface area (Å²) >= 11 is 0. The number of urea groups is 1. The third-order valence-electron chi connectivity index (χ3n) is 2.86. The molecule has 0 saturated heterocycles. The maximum atomic E-state index is 11.9. The number of hydrogen-bond donors (Lipinski definition) is 2. The molecule has 2 N–H and O–H groups in total. The van der Waals surface area contributed by atoms with E-state index in [0.29, 0.717) is 5.69 Å². The van der Waals surface area contributed by atoms with E-state index >= 15 is 0 Å². The molecule has 3 amide bonds. The van der Waals surface area contributed by atoms with Crippen molar-refractivity contribution in [3.8, 4) is 0 Å². The molecule has 0 aromatic heterocycles. The fourth-order valence-electron chi connectivity index (χ4n) is 1.44. The molecule has 0 heterocycles. The number of carbonyl (C=O) groups is 2. The minimum Gasteiger partial charge on any atom is -0.357 e. The molecule has 1 atom stereocenters. The largest absolute Gasteiger partial charge is 0.357 e. The number of rotatable bonds is 4. The minimum absolute atomic E-state index is 0.0601. The highest BCUT2D eigenvalue weighted by Crippen LogP contribution is 2.15. The zero-order chi connectivity index (χ0) is 15.3. The van der Waals surface area contributed by atoms with Crippen LogP contribution in [0.5, 0.6) is 0 Å². The molecule has 0 saturated carbocycles. The number of nitrogens with zero attached hydrogens (tertiary/aromatic N) is 2. The van der Waals surface area contributed by atoms with Gasteiger partial charge in [-0.05, 0) is 19.1 Å². The normalized spacial score (nSPS) is 11.3. The smallest absolute Gasteiger partial charge is 0.322 e. The van der Waals surface area contributed by atoms with Crippen LogP contribution < -0.4 is 10.6 Å². The molecule has 8 nitrogen and oxygen atoms in total. The lowest BCUT2D eigenvalue weighted by molar-refractivity contribution is -0.384. The number of likely N-dealkylation sites (N-methyl/N-ethyl adjacent to an activating group) is 2. The first-order valence-corrected chi connectivity index (χ1v) is 5.86. The summed E-state index contributed by atoms with van der Waals surface area (Å²) in [6.07, 6.45) is 0. The predicted molar refractivity (Wildman–Crippen MR) is 73.4 cm³/mol. The van der Waals surface area contributed by atoms with Gasteiger partial charge in [0.15, 0.2) is 0 Å². The molecule has 0 aliphatic carbocycles. The Balaban J connectivity index is 2.70. The standard InChI is InChI=1S/C12H16N4O4/c1-8(11(17)13-2)15(3)12(18)14-9-4-6-10(7-5-9)16(19)20/h4-8H,1-3H3,(H,13,17)(H,14,18). The van der Waals surface area contributed by atoms with Gasteiger partial charge in [0.1, 0.15) is 6.04 Å². The van der Waals surface area contributed by atoms with Crippen LogP contribution in [0.25, 0.3) is 0 Å². The highest BCUT2D eigenvalue weighted by atomic mass is 16.6. The Morgan fingerprint density at radius 1 is 1.30 bits per heavy atom. The van der Waals surface area contributed by atoms with E-state index in [2.05, 4.69) is 10.6 Å². The second kappa shape index (κ2) is 6.50. The van der Waals surface area contributed by atoms with Crippen LogP contribution >= 0.6 is 0 Å². The molecular weight excluding hydrogens is 264 g/mol. The van der Waals surface area contributed by atoms with Gasteiger partial charge in [-0.2, -0.15) is 0 Å².